The molecule has 0 aliphatic rings. The Morgan fingerprint density at radius 3 is 2.80 bits per heavy atom. The summed E-state index contributed by atoms with van der Waals surface area (Å²) in [5.74, 6) is -0.247. The predicted molar refractivity (Wildman–Crippen MR) is 74.1 cm³/mol. The van der Waals surface area contributed by atoms with E-state index in [0.29, 0.717) is 15.0 Å². The van der Waals surface area contributed by atoms with Crippen molar-refractivity contribution in [3.63, 3.8) is 0 Å². The molecule has 106 valence electrons. The first-order valence-corrected chi connectivity index (χ1v) is 6.85. The lowest BCUT2D eigenvalue weighted by Crippen LogP contribution is -2.29. The van der Waals surface area contributed by atoms with E-state index in [9.17, 15) is 9.59 Å². The van der Waals surface area contributed by atoms with Crippen molar-refractivity contribution in [1.29, 1.82) is 0 Å². The number of anilines is 1. The van der Waals surface area contributed by atoms with Crippen molar-refractivity contribution in [3.05, 3.63) is 33.2 Å². The predicted octanol–water partition coefficient (Wildman–Crippen LogP) is 2.88. The summed E-state index contributed by atoms with van der Waals surface area (Å²) >= 11 is 6.81. The van der Waals surface area contributed by atoms with E-state index >= 15 is 0 Å². The Morgan fingerprint density at radius 2 is 2.25 bits per heavy atom. The van der Waals surface area contributed by atoms with Crippen molar-refractivity contribution in [1.82, 2.24) is 5.16 Å². The normalized spacial score (nSPS) is 11.9. The smallest absolute Gasteiger partial charge is 0.349 e. The standard InChI is InChI=1S/C12H11ClN2O4S/c1-6-5-10(15-19-6)14-11(16)7(2)18-12(17)8-3-4-9(13)20-8/h3-5,7H,1-2H3,(H,14,15,16). The number of nitrogens with one attached hydrogen (secondary N) is 1. The summed E-state index contributed by atoms with van der Waals surface area (Å²) < 4.78 is 10.3. The number of nitrogens with zero attached hydrogens (tertiary/aromatic N) is 1. The number of ether oxygens (including phenoxy) is 1. The molecule has 8 heteroatoms. The van der Waals surface area contributed by atoms with E-state index in [0.717, 1.165) is 11.3 Å². The fraction of sp³-hybridized carbons (Fsp3) is 0.250. The lowest BCUT2D eigenvalue weighted by atomic mass is 10.3. The van der Waals surface area contributed by atoms with E-state index in [2.05, 4.69) is 10.5 Å². The number of rotatable bonds is 4. The highest BCUT2D eigenvalue weighted by atomic mass is 35.5. The van der Waals surface area contributed by atoms with Crippen LogP contribution >= 0.6 is 22.9 Å². The van der Waals surface area contributed by atoms with Crippen LogP contribution in [0.1, 0.15) is 22.4 Å². The van der Waals surface area contributed by atoms with Crippen molar-refractivity contribution in [2.75, 3.05) is 5.32 Å². The van der Waals surface area contributed by atoms with Gasteiger partial charge in [-0.1, -0.05) is 16.8 Å². The third-order valence-corrected chi connectivity index (χ3v) is 3.52. The van der Waals surface area contributed by atoms with Crippen LogP contribution in [0.2, 0.25) is 4.34 Å². The second-order valence-electron chi connectivity index (χ2n) is 3.96. The third kappa shape index (κ3) is 3.58. The van der Waals surface area contributed by atoms with Crippen molar-refractivity contribution in [3.8, 4) is 0 Å². The first kappa shape index (κ1) is 14.5. The number of amides is 1. The summed E-state index contributed by atoms with van der Waals surface area (Å²) in [7, 11) is 0. The lowest BCUT2D eigenvalue weighted by Gasteiger charge is -2.11. The van der Waals surface area contributed by atoms with Crippen LogP contribution in [0.15, 0.2) is 22.7 Å². The topological polar surface area (TPSA) is 81.4 Å². The zero-order valence-corrected chi connectivity index (χ0v) is 12.2. The number of halogens is 1. The quantitative estimate of drug-likeness (QED) is 0.877. The van der Waals surface area contributed by atoms with Gasteiger partial charge in [0.15, 0.2) is 11.9 Å². The molecule has 0 saturated heterocycles. The number of hydrogen-bond acceptors (Lipinski definition) is 6. The van der Waals surface area contributed by atoms with Crippen LogP contribution in [0.3, 0.4) is 0 Å². The van der Waals surface area contributed by atoms with Crippen molar-refractivity contribution < 1.29 is 18.8 Å². The Hall–Kier alpha value is -1.86. The van der Waals surface area contributed by atoms with Crippen LogP contribution in [0.5, 0.6) is 0 Å². The Kier molecular flexibility index (Phi) is 4.41. The van der Waals surface area contributed by atoms with E-state index < -0.39 is 18.0 Å². The molecule has 6 nitrogen and oxygen atoms in total. The van der Waals surface area contributed by atoms with Crippen LogP contribution < -0.4 is 5.32 Å². The van der Waals surface area contributed by atoms with Gasteiger partial charge in [0.05, 0.1) is 4.34 Å². The van der Waals surface area contributed by atoms with Gasteiger partial charge in [0.2, 0.25) is 0 Å². The lowest BCUT2D eigenvalue weighted by molar-refractivity contribution is -0.123. The van der Waals surface area contributed by atoms with E-state index in [4.69, 9.17) is 20.9 Å². The van der Waals surface area contributed by atoms with E-state index in [-0.39, 0.29) is 5.82 Å². The molecule has 1 amide bonds. The second-order valence-corrected chi connectivity index (χ2v) is 5.68. The maximum absolute atomic E-state index is 11.8. The van der Waals surface area contributed by atoms with Crippen molar-refractivity contribution in [2.24, 2.45) is 0 Å². The molecular weight excluding hydrogens is 304 g/mol. The van der Waals surface area contributed by atoms with Gasteiger partial charge in [-0.25, -0.2) is 4.79 Å². The molecular formula is C12H11ClN2O4S. The first-order chi connectivity index (χ1) is 9.45. The number of carbonyl (C=O) groups excluding carboxylic acids is 2. The molecule has 1 unspecified atom stereocenters. The molecule has 0 aliphatic heterocycles. The fourth-order valence-corrected chi connectivity index (χ4v) is 2.28. The summed E-state index contributed by atoms with van der Waals surface area (Å²) in [5, 5.41) is 6.10. The molecule has 0 saturated carbocycles. The van der Waals surface area contributed by atoms with E-state index in [1.807, 2.05) is 0 Å². The number of aromatic nitrogens is 1. The summed E-state index contributed by atoms with van der Waals surface area (Å²) in [6.45, 7) is 3.17. The van der Waals surface area contributed by atoms with Crippen molar-refractivity contribution in [2.45, 2.75) is 20.0 Å². The molecule has 1 N–H and O–H groups in total. The SMILES string of the molecule is Cc1cc(NC(=O)C(C)OC(=O)c2ccc(Cl)s2)no1. The summed E-state index contributed by atoms with van der Waals surface area (Å²) in [6, 6.07) is 4.69. The van der Waals surface area contributed by atoms with Crippen molar-refractivity contribution >= 4 is 40.6 Å². The second kappa shape index (κ2) is 6.06. The summed E-state index contributed by atoms with van der Waals surface area (Å²) in [4.78, 5) is 23.9. The molecule has 2 rings (SSSR count). The highest BCUT2D eigenvalue weighted by molar-refractivity contribution is 7.17. The van der Waals surface area contributed by atoms with Crippen LogP contribution in [0, 0.1) is 6.92 Å². The van der Waals surface area contributed by atoms with Gasteiger partial charge in [-0.15, -0.1) is 11.3 Å². The molecule has 2 aromatic rings. The monoisotopic (exact) mass is 314 g/mol. The van der Waals surface area contributed by atoms with Gasteiger partial charge in [0.25, 0.3) is 5.91 Å². The molecule has 0 bridgehead atoms. The number of carbonyl (C=O) groups is 2. The number of thiophene rings is 1. The van der Waals surface area contributed by atoms with Crippen LogP contribution in [0.4, 0.5) is 5.82 Å². The number of hydrogen-bond donors (Lipinski definition) is 1. The Balaban J connectivity index is 1.92. The Morgan fingerprint density at radius 1 is 1.50 bits per heavy atom. The first-order valence-electron chi connectivity index (χ1n) is 5.66. The minimum Gasteiger partial charge on any atom is -0.448 e. The van der Waals surface area contributed by atoms with Gasteiger partial charge in [0.1, 0.15) is 10.6 Å². The zero-order chi connectivity index (χ0) is 14.7. The Bertz CT molecular complexity index is 637. The van der Waals surface area contributed by atoms with E-state index in [1.165, 1.54) is 6.92 Å². The average Bonchev–Trinajstić information content (AvgIpc) is 2.98. The average molecular weight is 315 g/mol. The molecule has 1 atom stereocenters. The molecule has 0 radical (unpaired) electrons. The Labute approximate surface area is 123 Å². The minimum atomic E-state index is -0.958. The molecule has 0 aliphatic carbocycles. The molecule has 0 aromatic carbocycles. The molecule has 20 heavy (non-hydrogen) atoms. The van der Waals surface area contributed by atoms with Crippen LogP contribution in [0.25, 0.3) is 0 Å². The molecule has 2 aromatic heterocycles. The van der Waals surface area contributed by atoms with Gasteiger partial charge in [-0.05, 0) is 26.0 Å². The summed E-state index contributed by atoms with van der Waals surface area (Å²) in [5.41, 5.74) is 0. The fourth-order valence-electron chi connectivity index (χ4n) is 1.35. The van der Waals surface area contributed by atoms with Gasteiger partial charge >= 0.3 is 5.97 Å². The highest BCUT2D eigenvalue weighted by Gasteiger charge is 2.20. The minimum absolute atomic E-state index is 0.273. The van der Waals surface area contributed by atoms with Gasteiger partial charge in [0, 0.05) is 6.07 Å². The molecule has 0 spiro atoms. The molecule has 2 heterocycles. The van der Waals surface area contributed by atoms with Gasteiger partial charge in [-0.3, -0.25) is 4.79 Å². The largest absolute Gasteiger partial charge is 0.448 e. The maximum Gasteiger partial charge on any atom is 0.349 e. The summed E-state index contributed by atoms with van der Waals surface area (Å²) in [6.07, 6.45) is -0.958. The number of aryl methyl sites for hydroxylation is 1. The third-order valence-electron chi connectivity index (χ3n) is 2.31. The maximum atomic E-state index is 11.8. The highest BCUT2D eigenvalue weighted by Crippen LogP contribution is 2.22. The molecule has 0 fully saturated rings. The van der Waals surface area contributed by atoms with Gasteiger partial charge < -0.3 is 14.6 Å². The van der Waals surface area contributed by atoms with Crippen LogP contribution in [-0.2, 0) is 9.53 Å². The number of esters is 1. The van der Waals surface area contributed by atoms with Crippen LogP contribution in [-0.4, -0.2) is 23.1 Å². The van der Waals surface area contributed by atoms with Gasteiger partial charge in [-0.2, -0.15) is 0 Å². The van der Waals surface area contributed by atoms with E-state index in [1.54, 1.807) is 25.1 Å². The zero-order valence-electron chi connectivity index (χ0n) is 10.7.